The molecule has 1 aliphatic heterocycles. The molecule has 1 atom stereocenters. The molecule has 5 nitrogen and oxygen atoms in total. The lowest BCUT2D eigenvalue weighted by atomic mass is 9.84. The van der Waals surface area contributed by atoms with Crippen LogP contribution in [0.2, 0.25) is 0 Å². The SMILES string of the molecule is CCC(=O)N[C@@H]1CCCc2c(-c3ccc4c(c3)N(C)C(=O)CC4)cncc21. The predicted molar refractivity (Wildman–Crippen MR) is 106 cm³/mol. The number of carbonyl (C=O) groups excluding carboxylic acids is 2. The number of fused-ring (bicyclic) bond motifs is 2. The summed E-state index contributed by atoms with van der Waals surface area (Å²) < 4.78 is 0. The molecule has 0 saturated heterocycles. The number of nitrogens with one attached hydrogen (secondary N) is 1. The highest BCUT2D eigenvalue weighted by atomic mass is 16.2. The van der Waals surface area contributed by atoms with Crippen molar-refractivity contribution < 1.29 is 9.59 Å². The molecular formula is C22H25N3O2. The molecule has 2 amide bonds. The molecule has 0 unspecified atom stereocenters. The first-order chi connectivity index (χ1) is 13.1. The van der Waals surface area contributed by atoms with Crippen molar-refractivity contribution in [2.75, 3.05) is 11.9 Å². The van der Waals surface area contributed by atoms with Crippen LogP contribution in [0.4, 0.5) is 5.69 Å². The lowest BCUT2D eigenvalue weighted by Crippen LogP contribution is -2.31. The van der Waals surface area contributed by atoms with E-state index in [0.29, 0.717) is 12.8 Å². The van der Waals surface area contributed by atoms with Crippen LogP contribution < -0.4 is 10.2 Å². The molecular weight excluding hydrogens is 338 g/mol. The minimum atomic E-state index is 0.0375. The third-order valence-corrected chi connectivity index (χ3v) is 5.78. The minimum Gasteiger partial charge on any atom is -0.349 e. The number of amides is 2. The maximum atomic E-state index is 12.1. The third kappa shape index (κ3) is 3.22. The number of benzene rings is 1. The van der Waals surface area contributed by atoms with Crippen molar-refractivity contribution in [2.24, 2.45) is 0 Å². The Kier molecular flexibility index (Phi) is 4.68. The van der Waals surface area contributed by atoms with Gasteiger partial charge < -0.3 is 10.2 Å². The van der Waals surface area contributed by atoms with Crippen LogP contribution in [0.1, 0.15) is 55.3 Å². The summed E-state index contributed by atoms with van der Waals surface area (Å²) in [7, 11) is 1.85. The summed E-state index contributed by atoms with van der Waals surface area (Å²) >= 11 is 0. The van der Waals surface area contributed by atoms with Gasteiger partial charge in [-0.2, -0.15) is 0 Å². The van der Waals surface area contributed by atoms with Gasteiger partial charge in [0.1, 0.15) is 0 Å². The number of carbonyl (C=O) groups is 2. The van der Waals surface area contributed by atoms with Crippen LogP contribution in [0.25, 0.3) is 11.1 Å². The first-order valence-corrected chi connectivity index (χ1v) is 9.74. The van der Waals surface area contributed by atoms with Crippen LogP contribution >= 0.6 is 0 Å². The zero-order valence-electron chi connectivity index (χ0n) is 15.9. The Bertz CT molecular complexity index is 906. The summed E-state index contributed by atoms with van der Waals surface area (Å²) in [5.41, 5.74) is 6.80. The molecule has 1 N–H and O–H groups in total. The standard InChI is InChI=1S/C22H25N3O2/c1-3-21(26)24-19-6-4-5-16-17(12-23-13-18(16)19)15-8-7-14-9-10-22(27)25(2)20(14)11-15/h7-8,11-13,19H,3-6,9-10H2,1-2H3,(H,24,26)/t19-/m1/s1. The molecule has 5 heteroatoms. The Morgan fingerprint density at radius 3 is 2.93 bits per heavy atom. The fourth-order valence-electron chi connectivity index (χ4n) is 4.21. The number of rotatable bonds is 3. The molecule has 140 valence electrons. The van der Waals surface area contributed by atoms with E-state index in [1.54, 1.807) is 4.90 Å². The second-order valence-electron chi connectivity index (χ2n) is 7.42. The first kappa shape index (κ1) is 17.7. The van der Waals surface area contributed by atoms with Crippen LogP contribution in [0.5, 0.6) is 0 Å². The van der Waals surface area contributed by atoms with Crippen molar-refractivity contribution in [1.82, 2.24) is 10.3 Å². The van der Waals surface area contributed by atoms with Gasteiger partial charge in [-0.05, 0) is 54.0 Å². The van der Waals surface area contributed by atoms with E-state index in [-0.39, 0.29) is 17.9 Å². The summed E-state index contributed by atoms with van der Waals surface area (Å²) in [5, 5.41) is 3.13. The molecule has 1 aromatic heterocycles. The molecule has 1 aliphatic carbocycles. The summed E-state index contributed by atoms with van der Waals surface area (Å²) in [6.45, 7) is 1.87. The van der Waals surface area contributed by atoms with Gasteiger partial charge in [-0.15, -0.1) is 0 Å². The number of aromatic nitrogens is 1. The molecule has 0 spiro atoms. The molecule has 27 heavy (non-hydrogen) atoms. The van der Waals surface area contributed by atoms with E-state index >= 15 is 0 Å². The van der Waals surface area contributed by atoms with E-state index < -0.39 is 0 Å². The van der Waals surface area contributed by atoms with Crippen molar-refractivity contribution in [3.63, 3.8) is 0 Å². The molecule has 0 bridgehead atoms. The van der Waals surface area contributed by atoms with Crippen molar-refractivity contribution in [2.45, 2.75) is 51.5 Å². The van der Waals surface area contributed by atoms with E-state index in [1.165, 1.54) is 11.1 Å². The van der Waals surface area contributed by atoms with E-state index in [2.05, 4.69) is 28.5 Å². The second-order valence-corrected chi connectivity index (χ2v) is 7.42. The monoisotopic (exact) mass is 363 g/mol. The number of aryl methyl sites for hydroxylation is 1. The van der Waals surface area contributed by atoms with Gasteiger partial charge in [0.25, 0.3) is 0 Å². The second kappa shape index (κ2) is 7.14. The zero-order chi connectivity index (χ0) is 19.0. The molecule has 0 saturated carbocycles. The number of pyridine rings is 1. The van der Waals surface area contributed by atoms with Crippen LogP contribution in [0.3, 0.4) is 0 Å². The van der Waals surface area contributed by atoms with Gasteiger partial charge in [-0.25, -0.2) is 0 Å². The third-order valence-electron chi connectivity index (χ3n) is 5.78. The quantitative estimate of drug-likeness (QED) is 0.907. The number of anilines is 1. The lowest BCUT2D eigenvalue weighted by Gasteiger charge is -2.29. The van der Waals surface area contributed by atoms with Crippen molar-refractivity contribution >= 4 is 17.5 Å². The Labute approximate surface area is 159 Å². The Morgan fingerprint density at radius 1 is 1.26 bits per heavy atom. The van der Waals surface area contributed by atoms with Gasteiger partial charge in [-0.3, -0.25) is 14.6 Å². The van der Waals surface area contributed by atoms with Gasteiger partial charge in [0.2, 0.25) is 11.8 Å². The smallest absolute Gasteiger partial charge is 0.227 e. The molecule has 0 fully saturated rings. The highest BCUT2D eigenvalue weighted by molar-refractivity contribution is 5.96. The average Bonchev–Trinajstić information content (AvgIpc) is 2.70. The fraction of sp³-hybridized carbons (Fsp3) is 0.409. The molecule has 2 aliphatic rings. The Morgan fingerprint density at radius 2 is 2.11 bits per heavy atom. The summed E-state index contributed by atoms with van der Waals surface area (Å²) in [6.07, 6.45) is 8.65. The minimum absolute atomic E-state index is 0.0375. The van der Waals surface area contributed by atoms with Crippen molar-refractivity contribution in [3.8, 4) is 11.1 Å². The highest BCUT2D eigenvalue weighted by Crippen LogP contribution is 2.38. The molecule has 2 heterocycles. The molecule has 1 aromatic carbocycles. The molecule has 2 aromatic rings. The summed E-state index contributed by atoms with van der Waals surface area (Å²) in [6, 6.07) is 6.41. The normalized spacial score (nSPS) is 18.7. The predicted octanol–water partition coefficient (Wildman–Crippen LogP) is 3.56. The summed E-state index contributed by atoms with van der Waals surface area (Å²) in [5.74, 6) is 0.238. The van der Waals surface area contributed by atoms with E-state index in [4.69, 9.17) is 0 Å². The van der Waals surface area contributed by atoms with E-state index in [0.717, 1.165) is 48.1 Å². The van der Waals surface area contributed by atoms with E-state index in [9.17, 15) is 9.59 Å². The lowest BCUT2D eigenvalue weighted by molar-refractivity contribution is -0.121. The van der Waals surface area contributed by atoms with Crippen molar-refractivity contribution in [1.29, 1.82) is 0 Å². The first-order valence-electron chi connectivity index (χ1n) is 9.74. The topological polar surface area (TPSA) is 62.3 Å². The fourth-order valence-corrected chi connectivity index (χ4v) is 4.21. The number of hydrogen-bond donors (Lipinski definition) is 1. The average molecular weight is 363 g/mol. The van der Waals surface area contributed by atoms with Crippen molar-refractivity contribution in [3.05, 3.63) is 47.3 Å². The maximum Gasteiger partial charge on any atom is 0.227 e. The van der Waals surface area contributed by atoms with Crippen LogP contribution in [-0.4, -0.2) is 23.8 Å². The highest BCUT2D eigenvalue weighted by Gasteiger charge is 2.26. The van der Waals surface area contributed by atoms with Crippen LogP contribution in [0, 0.1) is 0 Å². The van der Waals surface area contributed by atoms with Gasteiger partial charge in [0.15, 0.2) is 0 Å². The van der Waals surface area contributed by atoms with E-state index in [1.807, 2.05) is 26.4 Å². The molecule has 0 radical (unpaired) electrons. The van der Waals surface area contributed by atoms with Crippen LogP contribution in [0.15, 0.2) is 30.6 Å². The Balaban J connectivity index is 1.75. The van der Waals surface area contributed by atoms with Gasteiger partial charge in [-0.1, -0.05) is 19.1 Å². The largest absolute Gasteiger partial charge is 0.349 e. The van der Waals surface area contributed by atoms with Gasteiger partial charge in [0.05, 0.1) is 6.04 Å². The van der Waals surface area contributed by atoms with Gasteiger partial charge in [0, 0.05) is 43.5 Å². The number of nitrogens with zero attached hydrogens (tertiary/aromatic N) is 2. The summed E-state index contributed by atoms with van der Waals surface area (Å²) in [4.78, 5) is 30.2. The maximum absolute atomic E-state index is 12.1. The van der Waals surface area contributed by atoms with Gasteiger partial charge >= 0.3 is 0 Å². The zero-order valence-corrected chi connectivity index (χ0v) is 15.9. The molecule has 4 rings (SSSR count). The number of hydrogen-bond acceptors (Lipinski definition) is 3. The Hall–Kier alpha value is -2.69. The van der Waals surface area contributed by atoms with Crippen LogP contribution in [-0.2, 0) is 22.4 Å².